The first-order valence-corrected chi connectivity index (χ1v) is 24.3. The predicted octanol–water partition coefficient (Wildman–Crippen LogP) is 17.8. The monoisotopic (exact) mass is 882 g/mol. The quantitative estimate of drug-likeness (QED) is 0.148. The highest BCUT2D eigenvalue weighted by Gasteiger charge is 2.42. The summed E-state index contributed by atoms with van der Waals surface area (Å²) in [7, 11) is 0. The minimum Gasteiger partial charge on any atom is -0.307 e. The van der Waals surface area contributed by atoms with E-state index in [0.717, 1.165) is 23.5 Å². The molecule has 2 unspecified atom stereocenters. The number of rotatable bonds is 8. The van der Waals surface area contributed by atoms with Crippen LogP contribution >= 0.6 is 0 Å². The van der Waals surface area contributed by atoms with E-state index in [1.54, 1.807) is 0 Å². The molecule has 0 aliphatic heterocycles. The van der Waals surface area contributed by atoms with E-state index in [2.05, 4.69) is 272 Å². The molecule has 69 heavy (non-hydrogen) atoms. The number of nitrogens with zero attached hydrogens (tertiary/aromatic N) is 2. The molecule has 1 heterocycles. The van der Waals surface area contributed by atoms with Crippen molar-refractivity contribution in [3.05, 3.63) is 277 Å². The van der Waals surface area contributed by atoms with Gasteiger partial charge in [0, 0.05) is 33.0 Å². The highest BCUT2D eigenvalue weighted by atomic mass is 15.2. The predicted molar refractivity (Wildman–Crippen MR) is 291 cm³/mol. The van der Waals surface area contributed by atoms with Crippen molar-refractivity contribution in [3.8, 4) is 39.1 Å². The molecular weight excluding hydrogens is 833 g/mol. The number of para-hydroxylation sites is 4. The van der Waals surface area contributed by atoms with Crippen molar-refractivity contribution in [1.29, 1.82) is 0 Å². The van der Waals surface area contributed by atoms with E-state index in [4.69, 9.17) is 0 Å². The molecule has 328 valence electrons. The zero-order valence-electron chi connectivity index (χ0n) is 38.9. The van der Waals surface area contributed by atoms with E-state index >= 15 is 0 Å². The van der Waals surface area contributed by atoms with Crippen LogP contribution in [0.1, 0.15) is 42.5 Å². The van der Waals surface area contributed by atoms with Gasteiger partial charge in [-0.15, -0.1) is 0 Å². The average Bonchev–Trinajstić information content (AvgIpc) is 3.90. The topological polar surface area (TPSA) is 8.17 Å². The van der Waals surface area contributed by atoms with E-state index in [0.29, 0.717) is 5.92 Å². The Balaban J connectivity index is 1.13. The summed E-state index contributed by atoms with van der Waals surface area (Å²) in [6, 6.07) is 87.5. The van der Waals surface area contributed by atoms with E-state index in [9.17, 15) is 0 Å². The molecule has 0 fully saturated rings. The van der Waals surface area contributed by atoms with Gasteiger partial charge in [-0.05, 0) is 110 Å². The largest absolute Gasteiger partial charge is 0.307 e. The van der Waals surface area contributed by atoms with E-state index < -0.39 is 0 Å². The van der Waals surface area contributed by atoms with Gasteiger partial charge in [0.05, 0.1) is 28.1 Å². The van der Waals surface area contributed by atoms with Crippen LogP contribution in [0.4, 0.5) is 11.4 Å². The molecule has 2 atom stereocenters. The lowest BCUT2D eigenvalue weighted by molar-refractivity contribution is 0.714. The van der Waals surface area contributed by atoms with Gasteiger partial charge in [0.1, 0.15) is 0 Å². The minimum atomic E-state index is -0.331. The summed E-state index contributed by atoms with van der Waals surface area (Å²) in [5, 5.41) is 4.94. The lowest BCUT2D eigenvalue weighted by atomic mass is 9.74. The first-order valence-electron chi connectivity index (χ1n) is 24.3. The van der Waals surface area contributed by atoms with Crippen LogP contribution in [0.2, 0.25) is 0 Å². The molecule has 0 radical (unpaired) electrons. The van der Waals surface area contributed by atoms with E-state index in [1.165, 1.54) is 99.5 Å². The maximum Gasteiger partial charge on any atom is 0.0782 e. The van der Waals surface area contributed by atoms with Crippen LogP contribution in [0.25, 0.3) is 77.2 Å². The van der Waals surface area contributed by atoms with Crippen molar-refractivity contribution in [2.75, 3.05) is 4.90 Å². The summed E-state index contributed by atoms with van der Waals surface area (Å²) in [5.41, 5.74) is 20.4. The number of benzene rings is 10. The normalized spacial score (nSPS) is 16.3. The van der Waals surface area contributed by atoms with Gasteiger partial charge in [0.2, 0.25) is 0 Å². The standard InChI is InChI=1S/C67H50N2/c1-45-42-43-53(54-34-19-25-47-24-18-33-50(64(47)54)46-22-6-3-7-23-46)63(44-45)69(62-41-21-36-56-52-31-14-16-39-60(52)68(66(56)62)49-28-10-5-11-29-49)61-40-17-13-30-51(61)55-35-20-38-59-65(55)57-32-12-15-37-58(57)67(59,2)48-26-8-4-9-27-48/h3-41,43-45H,42H2,1-2H3. The maximum absolute atomic E-state index is 2.62. The fourth-order valence-corrected chi connectivity index (χ4v) is 11.9. The molecule has 0 spiro atoms. The SMILES string of the molecule is CC1C=C(N(c2ccccc2-c2cccc3c2-c2ccccc2C3(C)c2ccccc2)c2cccc3c4ccccc4n(-c4ccccc4)c23)C(c2cccc3cccc(-c4ccccc4)c23)=CC1. The first kappa shape index (κ1) is 40.8. The number of aromatic nitrogens is 1. The van der Waals surface area contributed by atoms with Gasteiger partial charge in [0.15, 0.2) is 0 Å². The molecule has 2 aliphatic carbocycles. The van der Waals surface area contributed by atoms with Crippen LogP contribution in [0.15, 0.2) is 254 Å². The molecule has 13 rings (SSSR count). The van der Waals surface area contributed by atoms with Crippen molar-refractivity contribution in [1.82, 2.24) is 4.57 Å². The number of anilines is 2. The molecular formula is C67H50N2. The van der Waals surface area contributed by atoms with Gasteiger partial charge in [0.25, 0.3) is 0 Å². The van der Waals surface area contributed by atoms with Crippen molar-refractivity contribution in [2.24, 2.45) is 5.92 Å². The van der Waals surface area contributed by atoms with Gasteiger partial charge < -0.3 is 9.47 Å². The third-order valence-corrected chi connectivity index (χ3v) is 15.0. The molecule has 2 nitrogen and oxygen atoms in total. The fraction of sp³-hybridized carbons (Fsp3) is 0.0746. The van der Waals surface area contributed by atoms with Crippen LogP contribution in [-0.4, -0.2) is 4.57 Å². The van der Waals surface area contributed by atoms with Crippen molar-refractivity contribution in [3.63, 3.8) is 0 Å². The maximum atomic E-state index is 2.62. The molecule has 2 heteroatoms. The molecule has 0 saturated heterocycles. The minimum absolute atomic E-state index is 0.292. The van der Waals surface area contributed by atoms with Gasteiger partial charge in [-0.25, -0.2) is 0 Å². The Morgan fingerprint density at radius 3 is 1.87 bits per heavy atom. The Hall–Kier alpha value is -8.46. The lowest BCUT2D eigenvalue weighted by Crippen LogP contribution is -2.22. The summed E-state index contributed by atoms with van der Waals surface area (Å²) in [4.78, 5) is 2.62. The second kappa shape index (κ2) is 16.4. The number of allylic oxidation sites excluding steroid dienone is 3. The van der Waals surface area contributed by atoms with Crippen LogP contribution in [0, 0.1) is 5.92 Å². The highest BCUT2D eigenvalue weighted by Crippen LogP contribution is 2.57. The molecule has 1 aromatic heterocycles. The molecule has 0 saturated carbocycles. The third kappa shape index (κ3) is 6.40. The van der Waals surface area contributed by atoms with Crippen LogP contribution < -0.4 is 4.90 Å². The highest BCUT2D eigenvalue weighted by molar-refractivity contribution is 6.16. The molecule has 0 amide bonds. The van der Waals surface area contributed by atoms with E-state index in [-0.39, 0.29) is 5.41 Å². The zero-order chi connectivity index (χ0) is 46.1. The second-order valence-electron chi connectivity index (χ2n) is 18.9. The zero-order valence-corrected chi connectivity index (χ0v) is 38.9. The van der Waals surface area contributed by atoms with E-state index in [1.807, 2.05) is 0 Å². The Morgan fingerprint density at radius 1 is 0.478 bits per heavy atom. The Kier molecular flexibility index (Phi) is 9.69. The summed E-state index contributed by atoms with van der Waals surface area (Å²) < 4.78 is 2.49. The number of hydrogen-bond donors (Lipinski definition) is 0. The third-order valence-electron chi connectivity index (χ3n) is 15.0. The van der Waals surface area contributed by atoms with Crippen molar-refractivity contribution >= 4 is 49.5 Å². The molecule has 10 aromatic carbocycles. The number of hydrogen-bond acceptors (Lipinski definition) is 1. The van der Waals surface area contributed by atoms with Crippen molar-refractivity contribution in [2.45, 2.75) is 25.7 Å². The van der Waals surface area contributed by atoms with Gasteiger partial charge in [-0.3, -0.25) is 0 Å². The van der Waals surface area contributed by atoms with Crippen LogP contribution in [-0.2, 0) is 5.41 Å². The molecule has 11 aromatic rings. The summed E-state index contributed by atoms with van der Waals surface area (Å²) >= 11 is 0. The molecule has 2 aliphatic rings. The Morgan fingerprint density at radius 2 is 1.06 bits per heavy atom. The van der Waals surface area contributed by atoms with Gasteiger partial charge >= 0.3 is 0 Å². The first-order chi connectivity index (χ1) is 34.1. The van der Waals surface area contributed by atoms with Gasteiger partial charge in [-0.1, -0.05) is 225 Å². The van der Waals surface area contributed by atoms with Crippen LogP contribution in [0.3, 0.4) is 0 Å². The smallest absolute Gasteiger partial charge is 0.0782 e. The second-order valence-corrected chi connectivity index (χ2v) is 18.9. The summed E-state index contributed by atoms with van der Waals surface area (Å²) in [6.45, 7) is 4.78. The Labute approximate surface area is 404 Å². The van der Waals surface area contributed by atoms with Crippen LogP contribution in [0.5, 0.6) is 0 Å². The molecule has 0 N–H and O–H groups in total. The molecule has 0 bridgehead atoms. The lowest BCUT2D eigenvalue weighted by Gasteiger charge is -2.35. The average molecular weight is 883 g/mol. The summed E-state index contributed by atoms with van der Waals surface area (Å²) in [6.07, 6.45) is 6.00. The summed E-state index contributed by atoms with van der Waals surface area (Å²) in [5.74, 6) is 0.292. The Bertz CT molecular complexity index is 3830. The van der Waals surface area contributed by atoms with Gasteiger partial charge in [-0.2, -0.15) is 0 Å². The fourth-order valence-electron chi connectivity index (χ4n) is 11.9. The van der Waals surface area contributed by atoms with Crippen molar-refractivity contribution < 1.29 is 0 Å². The number of fused-ring (bicyclic) bond motifs is 7.